The summed E-state index contributed by atoms with van der Waals surface area (Å²) in [4.78, 5) is 19.3. The highest BCUT2D eigenvalue weighted by Crippen LogP contribution is 2.23. The first-order valence-corrected chi connectivity index (χ1v) is 8.47. The molecule has 0 spiro atoms. The van der Waals surface area contributed by atoms with Crippen LogP contribution in [0.15, 0.2) is 43.1 Å². The van der Waals surface area contributed by atoms with Crippen molar-refractivity contribution in [2.45, 2.75) is 13.0 Å². The molecule has 1 atom stereocenters. The number of rotatable bonds is 3. The Balaban J connectivity index is 1.55. The highest BCUT2D eigenvalue weighted by molar-refractivity contribution is 5.94. The molecule has 1 amide bonds. The van der Waals surface area contributed by atoms with Gasteiger partial charge in [-0.3, -0.25) is 9.36 Å². The molecule has 2 aromatic heterocycles. The van der Waals surface area contributed by atoms with Crippen molar-refractivity contribution in [2.75, 3.05) is 19.7 Å². The van der Waals surface area contributed by atoms with Crippen LogP contribution in [0, 0.1) is 6.92 Å². The lowest BCUT2D eigenvalue weighted by molar-refractivity contribution is -0.0279. The van der Waals surface area contributed by atoms with E-state index in [1.165, 1.54) is 0 Å². The number of benzene rings is 1. The maximum absolute atomic E-state index is 13.0. The fraction of sp³-hybridized carbons (Fsp3) is 0.333. The Kier molecular flexibility index (Phi) is 4.26. The largest absolute Gasteiger partial charge is 0.367 e. The van der Waals surface area contributed by atoms with Crippen molar-refractivity contribution in [1.29, 1.82) is 0 Å². The summed E-state index contributed by atoms with van der Waals surface area (Å²) in [6.07, 6.45) is 4.96. The van der Waals surface area contributed by atoms with E-state index in [0.29, 0.717) is 25.3 Å². The van der Waals surface area contributed by atoms with Gasteiger partial charge < -0.3 is 14.2 Å². The SMILES string of the molecule is Cc1cn(C)c([C@H]2CN(C(=O)c3cccc(-n4cnnc4)c3)CCO2)n1. The Morgan fingerprint density at radius 1 is 1.27 bits per heavy atom. The number of nitrogens with zero attached hydrogens (tertiary/aromatic N) is 6. The van der Waals surface area contributed by atoms with E-state index in [4.69, 9.17) is 4.74 Å². The van der Waals surface area contributed by atoms with Crippen molar-refractivity contribution in [3.05, 3.63) is 60.2 Å². The van der Waals surface area contributed by atoms with Crippen LogP contribution in [0.3, 0.4) is 0 Å². The third kappa shape index (κ3) is 3.11. The van der Waals surface area contributed by atoms with Gasteiger partial charge in [-0.05, 0) is 25.1 Å². The average Bonchev–Trinajstić information content (AvgIpc) is 3.31. The first-order valence-electron chi connectivity index (χ1n) is 8.47. The lowest BCUT2D eigenvalue weighted by Gasteiger charge is -2.32. The summed E-state index contributed by atoms with van der Waals surface area (Å²) in [7, 11) is 1.95. The van der Waals surface area contributed by atoms with Gasteiger partial charge in [-0.15, -0.1) is 10.2 Å². The topological polar surface area (TPSA) is 78.1 Å². The molecule has 0 N–H and O–H groups in total. The monoisotopic (exact) mass is 352 g/mol. The van der Waals surface area contributed by atoms with Gasteiger partial charge in [0.05, 0.1) is 18.8 Å². The minimum atomic E-state index is -0.215. The predicted molar refractivity (Wildman–Crippen MR) is 93.9 cm³/mol. The zero-order valence-corrected chi connectivity index (χ0v) is 14.7. The molecule has 1 aliphatic heterocycles. The number of aromatic nitrogens is 5. The van der Waals surface area contributed by atoms with E-state index in [9.17, 15) is 4.79 Å². The summed E-state index contributed by atoms with van der Waals surface area (Å²) in [5.74, 6) is 0.831. The Morgan fingerprint density at radius 2 is 2.08 bits per heavy atom. The smallest absolute Gasteiger partial charge is 0.254 e. The third-order valence-electron chi connectivity index (χ3n) is 4.48. The minimum absolute atomic E-state index is 0.0147. The molecule has 0 bridgehead atoms. The quantitative estimate of drug-likeness (QED) is 0.714. The first-order chi connectivity index (χ1) is 12.6. The summed E-state index contributed by atoms with van der Waals surface area (Å²) < 4.78 is 9.59. The van der Waals surface area contributed by atoms with Gasteiger partial charge in [0, 0.05) is 31.0 Å². The number of carbonyl (C=O) groups excluding carboxylic acids is 1. The van der Waals surface area contributed by atoms with Gasteiger partial charge in [-0.1, -0.05) is 6.07 Å². The van der Waals surface area contributed by atoms with Crippen LogP contribution in [0.4, 0.5) is 0 Å². The second-order valence-electron chi connectivity index (χ2n) is 6.38. The van der Waals surface area contributed by atoms with E-state index in [-0.39, 0.29) is 12.0 Å². The van der Waals surface area contributed by atoms with Crippen LogP contribution in [0.5, 0.6) is 0 Å². The van der Waals surface area contributed by atoms with Gasteiger partial charge in [0.1, 0.15) is 24.6 Å². The van der Waals surface area contributed by atoms with Crippen molar-refractivity contribution in [2.24, 2.45) is 7.05 Å². The van der Waals surface area contributed by atoms with Gasteiger partial charge in [-0.25, -0.2) is 4.98 Å². The van der Waals surface area contributed by atoms with Crippen molar-refractivity contribution < 1.29 is 9.53 Å². The molecular weight excluding hydrogens is 332 g/mol. The maximum atomic E-state index is 13.0. The van der Waals surface area contributed by atoms with E-state index >= 15 is 0 Å². The van der Waals surface area contributed by atoms with Crippen LogP contribution in [-0.4, -0.2) is 54.8 Å². The molecule has 134 valence electrons. The third-order valence-corrected chi connectivity index (χ3v) is 4.48. The second-order valence-corrected chi connectivity index (χ2v) is 6.38. The molecule has 3 heterocycles. The Bertz CT molecular complexity index is 918. The molecule has 1 aromatic carbocycles. The van der Waals surface area contributed by atoms with E-state index in [2.05, 4.69) is 15.2 Å². The van der Waals surface area contributed by atoms with Gasteiger partial charge in [0.2, 0.25) is 0 Å². The van der Waals surface area contributed by atoms with E-state index in [0.717, 1.165) is 17.2 Å². The number of hydrogen-bond donors (Lipinski definition) is 0. The molecule has 26 heavy (non-hydrogen) atoms. The van der Waals surface area contributed by atoms with E-state index in [1.807, 2.05) is 53.9 Å². The lowest BCUT2D eigenvalue weighted by Crippen LogP contribution is -2.42. The standard InChI is InChI=1S/C18H20N6O2/c1-13-9-22(2)17(21-13)16-10-23(6-7-26-16)18(25)14-4-3-5-15(8-14)24-11-19-20-12-24/h3-5,8-9,11-12,16H,6-7,10H2,1-2H3/t16-/m1/s1. The number of aryl methyl sites for hydroxylation is 2. The molecule has 0 unspecified atom stereocenters. The van der Waals surface area contributed by atoms with Crippen LogP contribution in [0.2, 0.25) is 0 Å². The number of amides is 1. The second kappa shape index (κ2) is 6.72. The highest BCUT2D eigenvalue weighted by atomic mass is 16.5. The minimum Gasteiger partial charge on any atom is -0.367 e. The molecule has 3 aromatic rings. The molecule has 1 aliphatic rings. The molecule has 1 fully saturated rings. The van der Waals surface area contributed by atoms with Gasteiger partial charge in [0.25, 0.3) is 5.91 Å². The van der Waals surface area contributed by atoms with Crippen molar-refractivity contribution in [1.82, 2.24) is 29.2 Å². The van der Waals surface area contributed by atoms with Crippen LogP contribution >= 0.6 is 0 Å². The van der Waals surface area contributed by atoms with Gasteiger partial charge in [0.15, 0.2) is 0 Å². The maximum Gasteiger partial charge on any atom is 0.254 e. The fourth-order valence-electron chi connectivity index (χ4n) is 3.24. The zero-order valence-electron chi connectivity index (χ0n) is 14.7. The van der Waals surface area contributed by atoms with Crippen molar-refractivity contribution in [3.63, 3.8) is 0 Å². The van der Waals surface area contributed by atoms with Crippen LogP contribution in [0.1, 0.15) is 28.0 Å². The predicted octanol–water partition coefficient (Wildman–Crippen LogP) is 1.52. The number of imidazole rings is 1. The molecule has 8 heteroatoms. The molecule has 8 nitrogen and oxygen atoms in total. The van der Waals surface area contributed by atoms with Gasteiger partial charge in [-0.2, -0.15) is 0 Å². The number of carbonyl (C=O) groups is 1. The molecule has 0 radical (unpaired) electrons. The normalized spacial score (nSPS) is 17.5. The summed E-state index contributed by atoms with van der Waals surface area (Å²) in [6, 6.07) is 7.45. The van der Waals surface area contributed by atoms with Crippen molar-refractivity contribution in [3.8, 4) is 5.69 Å². The highest BCUT2D eigenvalue weighted by Gasteiger charge is 2.28. The molecule has 0 saturated carbocycles. The zero-order chi connectivity index (χ0) is 18.1. The number of morpholine rings is 1. The van der Waals surface area contributed by atoms with E-state index in [1.54, 1.807) is 17.2 Å². The summed E-state index contributed by atoms with van der Waals surface area (Å²) >= 11 is 0. The van der Waals surface area contributed by atoms with Gasteiger partial charge >= 0.3 is 0 Å². The first kappa shape index (κ1) is 16.5. The molecule has 1 saturated heterocycles. The molecular formula is C18H20N6O2. The molecule has 4 rings (SSSR count). The summed E-state index contributed by atoms with van der Waals surface area (Å²) in [6.45, 7) is 3.49. The Labute approximate surface area is 151 Å². The fourth-order valence-corrected chi connectivity index (χ4v) is 3.24. The average molecular weight is 352 g/mol. The van der Waals surface area contributed by atoms with Crippen LogP contribution < -0.4 is 0 Å². The number of ether oxygens (including phenoxy) is 1. The Morgan fingerprint density at radius 3 is 2.81 bits per heavy atom. The van der Waals surface area contributed by atoms with Crippen LogP contribution in [-0.2, 0) is 11.8 Å². The van der Waals surface area contributed by atoms with E-state index < -0.39 is 0 Å². The van der Waals surface area contributed by atoms with Crippen molar-refractivity contribution >= 4 is 5.91 Å². The Hall–Kier alpha value is -3.00. The number of hydrogen-bond acceptors (Lipinski definition) is 5. The summed E-state index contributed by atoms with van der Waals surface area (Å²) in [5, 5.41) is 7.62. The summed E-state index contributed by atoms with van der Waals surface area (Å²) in [5.41, 5.74) is 2.43. The molecule has 0 aliphatic carbocycles. The van der Waals surface area contributed by atoms with Crippen LogP contribution in [0.25, 0.3) is 5.69 Å². The lowest BCUT2D eigenvalue weighted by atomic mass is 10.1.